The van der Waals surface area contributed by atoms with Gasteiger partial charge in [0.25, 0.3) is 0 Å². The van der Waals surface area contributed by atoms with E-state index in [1.807, 2.05) is 18.2 Å². The van der Waals surface area contributed by atoms with Gasteiger partial charge in [-0.1, -0.05) is 12.1 Å². The van der Waals surface area contributed by atoms with Crippen LogP contribution in [0.2, 0.25) is 0 Å². The van der Waals surface area contributed by atoms with Gasteiger partial charge in [0.1, 0.15) is 5.82 Å². The van der Waals surface area contributed by atoms with Gasteiger partial charge in [0.05, 0.1) is 24.2 Å². The highest BCUT2D eigenvalue weighted by Gasteiger charge is 2.32. The first-order valence-corrected chi connectivity index (χ1v) is 9.09. The monoisotopic (exact) mass is 423 g/mol. The van der Waals surface area contributed by atoms with Crippen molar-refractivity contribution < 1.29 is 27.2 Å². The molecular formula is C19H17F4N5O2. The standard InChI is InChI=1S/C19H17F4N5O2/c20-13-9-12(19(21,22)23)10-14(11-13)27-5-7-28(8-6-27)30-18(29)24-17-15-3-1-2-4-16(15)25-26-17/h1-4,9-11H,5-8H2,(H2,24,25,26,29). The summed E-state index contributed by atoms with van der Waals surface area (Å²) in [4.78, 5) is 19.0. The highest BCUT2D eigenvalue weighted by atomic mass is 19.4. The fraction of sp³-hybridized carbons (Fsp3) is 0.263. The Morgan fingerprint density at radius 2 is 1.83 bits per heavy atom. The van der Waals surface area contributed by atoms with Crippen molar-refractivity contribution in [3.8, 4) is 0 Å². The molecule has 2 heterocycles. The minimum Gasteiger partial charge on any atom is -0.369 e. The van der Waals surface area contributed by atoms with Gasteiger partial charge in [-0.05, 0) is 30.3 Å². The van der Waals surface area contributed by atoms with Crippen LogP contribution in [0.4, 0.5) is 33.9 Å². The Balaban J connectivity index is 1.35. The second kappa shape index (κ2) is 7.82. The largest absolute Gasteiger partial charge is 0.432 e. The molecule has 158 valence electrons. The molecule has 0 unspecified atom stereocenters. The molecule has 1 aliphatic rings. The lowest BCUT2D eigenvalue weighted by Gasteiger charge is -2.34. The second-order valence-electron chi connectivity index (χ2n) is 6.73. The lowest BCUT2D eigenvalue weighted by molar-refractivity contribution is -0.137. The number of hydrogen-bond donors (Lipinski definition) is 2. The first-order valence-electron chi connectivity index (χ1n) is 9.09. The molecule has 2 N–H and O–H groups in total. The smallest absolute Gasteiger partial charge is 0.369 e. The third-order valence-corrected chi connectivity index (χ3v) is 4.72. The number of carbonyl (C=O) groups is 1. The van der Waals surface area contributed by atoms with Crippen molar-refractivity contribution in [2.24, 2.45) is 0 Å². The molecule has 4 rings (SSSR count). The summed E-state index contributed by atoms with van der Waals surface area (Å²) in [6.07, 6.45) is -5.36. The lowest BCUT2D eigenvalue weighted by atomic mass is 10.1. The number of rotatable bonds is 3. The summed E-state index contributed by atoms with van der Waals surface area (Å²) in [5.74, 6) is -0.627. The number of para-hydroxylation sites is 1. The molecule has 1 aromatic heterocycles. The van der Waals surface area contributed by atoms with Crippen LogP contribution in [0.25, 0.3) is 10.9 Å². The Hall–Kier alpha value is -3.34. The number of anilines is 2. The average Bonchev–Trinajstić information content (AvgIpc) is 3.10. The Kier molecular flexibility index (Phi) is 5.20. The Morgan fingerprint density at radius 1 is 1.10 bits per heavy atom. The molecule has 11 heteroatoms. The molecular weight excluding hydrogens is 406 g/mol. The first-order chi connectivity index (χ1) is 14.3. The zero-order chi connectivity index (χ0) is 21.3. The van der Waals surface area contributed by atoms with Crippen LogP contribution in [0.1, 0.15) is 5.56 Å². The Bertz CT molecular complexity index is 1060. The van der Waals surface area contributed by atoms with Crippen LogP contribution in [0.15, 0.2) is 42.5 Å². The summed E-state index contributed by atoms with van der Waals surface area (Å²) >= 11 is 0. The Morgan fingerprint density at radius 3 is 2.57 bits per heavy atom. The maximum atomic E-state index is 13.6. The molecule has 3 aromatic rings. The lowest BCUT2D eigenvalue weighted by Crippen LogP contribution is -2.47. The predicted octanol–water partition coefficient (Wildman–Crippen LogP) is 4.01. The van der Waals surface area contributed by atoms with Crippen molar-refractivity contribution in [1.82, 2.24) is 15.3 Å². The molecule has 7 nitrogen and oxygen atoms in total. The normalized spacial score (nSPS) is 15.4. The fourth-order valence-electron chi connectivity index (χ4n) is 3.25. The van der Waals surface area contributed by atoms with E-state index in [4.69, 9.17) is 4.84 Å². The van der Waals surface area contributed by atoms with E-state index in [1.54, 1.807) is 11.0 Å². The number of benzene rings is 2. The number of amides is 1. The summed E-state index contributed by atoms with van der Waals surface area (Å²) in [6, 6.07) is 9.68. The molecule has 0 atom stereocenters. The van der Waals surface area contributed by atoms with Gasteiger partial charge in [0, 0.05) is 24.2 Å². The van der Waals surface area contributed by atoms with E-state index in [-0.39, 0.29) is 31.9 Å². The van der Waals surface area contributed by atoms with Crippen molar-refractivity contribution in [3.63, 3.8) is 0 Å². The van der Waals surface area contributed by atoms with Gasteiger partial charge in [-0.15, -0.1) is 5.06 Å². The van der Waals surface area contributed by atoms with E-state index >= 15 is 0 Å². The van der Waals surface area contributed by atoms with E-state index in [1.165, 1.54) is 5.06 Å². The molecule has 0 spiro atoms. The molecule has 1 aliphatic heterocycles. The van der Waals surface area contributed by atoms with Crippen LogP contribution >= 0.6 is 0 Å². The SMILES string of the molecule is O=C(Nc1n[nH]c2ccccc12)ON1CCN(c2cc(F)cc(C(F)(F)F)c2)CC1. The van der Waals surface area contributed by atoms with Gasteiger partial charge >= 0.3 is 12.3 Å². The topological polar surface area (TPSA) is 73.5 Å². The third-order valence-electron chi connectivity index (χ3n) is 4.72. The minimum absolute atomic E-state index is 0.134. The van der Waals surface area contributed by atoms with Crippen molar-refractivity contribution in [1.29, 1.82) is 0 Å². The molecule has 30 heavy (non-hydrogen) atoms. The minimum atomic E-state index is -4.63. The number of hydrogen-bond acceptors (Lipinski definition) is 5. The van der Waals surface area contributed by atoms with Crippen LogP contribution in [-0.2, 0) is 11.0 Å². The van der Waals surface area contributed by atoms with Crippen molar-refractivity contribution in [3.05, 3.63) is 53.8 Å². The number of fused-ring (bicyclic) bond motifs is 1. The zero-order valence-electron chi connectivity index (χ0n) is 15.5. The molecule has 2 aromatic carbocycles. The van der Waals surface area contributed by atoms with E-state index in [9.17, 15) is 22.4 Å². The summed E-state index contributed by atoms with van der Waals surface area (Å²) in [6.45, 7) is 1.01. The maximum Gasteiger partial charge on any atom is 0.432 e. The highest BCUT2D eigenvalue weighted by Crippen LogP contribution is 2.33. The van der Waals surface area contributed by atoms with Crippen molar-refractivity contribution >= 4 is 28.5 Å². The highest BCUT2D eigenvalue weighted by molar-refractivity contribution is 5.96. The number of nitrogens with one attached hydrogen (secondary N) is 2. The number of H-pyrrole nitrogens is 1. The van der Waals surface area contributed by atoms with Gasteiger partial charge in [-0.2, -0.15) is 18.3 Å². The number of aromatic nitrogens is 2. The van der Waals surface area contributed by atoms with Crippen LogP contribution in [-0.4, -0.2) is 47.5 Å². The third kappa shape index (κ3) is 4.30. The molecule has 1 fully saturated rings. The molecule has 1 saturated heterocycles. The van der Waals surface area contributed by atoms with E-state index < -0.39 is 23.7 Å². The predicted molar refractivity (Wildman–Crippen MR) is 101 cm³/mol. The van der Waals surface area contributed by atoms with Gasteiger partial charge in [0.15, 0.2) is 5.82 Å². The van der Waals surface area contributed by atoms with Crippen LogP contribution < -0.4 is 10.2 Å². The summed E-state index contributed by atoms with van der Waals surface area (Å²) in [5.41, 5.74) is -0.147. The molecule has 0 bridgehead atoms. The second-order valence-corrected chi connectivity index (χ2v) is 6.73. The number of alkyl halides is 3. The number of piperazine rings is 1. The molecule has 0 saturated carbocycles. The van der Waals surface area contributed by atoms with Gasteiger partial charge < -0.3 is 9.74 Å². The quantitative estimate of drug-likeness (QED) is 0.623. The average molecular weight is 423 g/mol. The first kappa shape index (κ1) is 20.0. The van der Waals surface area contributed by atoms with E-state index in [0.29, 0.717) is 11.9 Å². The summed E-state index contributed by atoms with van der Waals surface area (Å²) in [5, 5.41) is 11.5. The number of hydroxylamine groups is 2. The van der Waals surface area contributed by atoms with Gasteiger partial charge in [0.2, 0.25) is 0 Å². The van der Waals surface area contributed by atoms with E-state index in [2.05, 4.69) is 15.5 Å². The van der Waals surface area contributed by atoms with E-state index in [0.717, 1.165) is 23.0 Å². The number of carbonyl (C=O) groups excluding carboxylic acids is 1. The molecule has 1 amide bonds. The number of aromatic amines is 1. The summed E-state index contributed by atoms with van der Waals surface area (Å²) < 4.78 is 52.4. The molecule has 0 radical (unpaired) electrons. The van der Waals surface area contributed by atoms with Gasteiger partial charge in [-0.25, -0.2) is 9.18 Å². The summed E-state index contributed by atoms with van der Waals surface area (Å²) in [7, 11) is 0. The van der Waals surface area contributed by atoms with Crippen LogP contribution in [0.3, 0.4) is 0 Å². The molecule has 0 aliphatic carbocycles. The van der Waals surface area contributed by atoms with Crippen LogP contribution in [0.5, 0.6) is 0 Å². The fourth-order valence-corrected chi connectivity index (χ4v) is 3.25. The zero-order valence-corrected chi connectivity index (χ0v) is 15.5. The maximum absolute atomic E-state index is 13.6. The van der Waals surface area contributed by atoms with Crippen LogP contribution in [0, 0.1) is 5.82 Å². The Labute approximate surface area is 168 Å². The van der Waals surface area contributed by atoms with Gasteiger partial charge in [-0.3, -0.25) is 10.4 Å². The van der Waals surface area contributed by atoms with Crippen molar-refractivity contribution in [2.75, 3.05) is 36.4 Å². The number of halogens is 4. The number of nitrogens with zero attached hydrogens (tertiary/aromatic N) is 3. The van der Waals surface area contributed by atoms with Crippen molar-refractivity contribution in [2.45, 2.75) is 6.18 Å².